The Morgan fingerprint density at radius 1 is 1.23 bits per heavy atom. The van der Waals surface area contributed by atoms with E-state index in [0.29, 0.717) is 0 Å². The first-order chi connectivity index (χ1) is 6.25. The minimum absolute atomic E-state index is 0.00815. The van der Waals surface area contributed by atoms with Crippen LogP contribution in [0.25, 0.3) is 0 Å². The third-order valence-corrected chi connectivity index (χ3v) is 3.63. The number of benzene rings is 1. The van der Waals surface area contributed by atoms with E-state index in [1.54, 1.807) is 0 Å². The maximum atomic E-state index is 9.29. The van der Waals surface area contributed by atoms with E-state index in [2.05, 4.69) is 6.92 Å². The van der Waals surface area contributed by atoms with Crippen molar-refractivity contribution in [1.29, 1.82) is 0 Å². The molecule has 13 heavy (non-hydrogen) atoms. The molecular weight excluding hydrogens is 180 g/mol. The van der Waals surface area contributed by atoms with Gasteiger partial charge in [-0.15, -0.1) is 0 Å². The number of hydrogen-bond acceptors (Lipinski definition) is 2. The highest BCUT2D eigenvalue weighted by atomic mass is 28.3. The highest BCUT2D eigenvalue weighted by Crippen LogP contribution is 2.21. The molecule has 1 atom stereocenters. The Morgan fingerprint density at radius 2 is 1.85 bits per heavy atom. The molecule has 0 bridgehead atoms. The molecule has 0 spiro atoms. The zero-order valence-corrected chi connectivity index (χ0v) is 9.00. The van der Waals surface area contributed by atoms with Crippen LogP contribution in [0.1, 0.15) is 30.9 Å². The summed E-state index contributed by atoms with van der Waals surface area (Å²) in [4.78, 5) is 18.6. The molecule has 0 aliphatic rings. The first-order valence-corrected chi connectivity index (χ1v) is 6.36. The van der Waals surface area contributed by atoms with Crippen LogP contribution in [-0.2, 0) is 0 Å². The van der Waals surface area contributed by atoms with E-state index in [1.807, 2.05) is 30.3 Å². The fourth-order valence-corrected chi connectivity index (χ4v) is 2.70. The van der Waals surface area contributed by atoms with Gasteiger partial charge in [0, 0.05) is 5.54 Å². The molecule has 1 aromatic carbocycles. The molecule has 0 radical (unpaired) electrons. The third kappa shape index (κ3) is 2.95. The van der Waals surface area contributed by atoms with Crippen molar-refractivity contribution in [3.63, 3.8) is 0 Å². The van der Waals surface area contributed by atoms with Gasteiger partial charge in [-0.1, -0.05) is 43.7 Å². The largest absolute Gasteiger partial charge is 0.413 e. The lowest BCUT2D eigenvalue weighted by molar-refractivity contribution is 0.382. The second-order valence-corrected chi connectivity index (χ2v) is 4.85. The lowest BCUT2D eigenvalue weighted by Gasteiger charge is -2.16. The van der Waals surface area contributed by atoms with Crippen LogP contribution < -0.4 is 0 Å². The van der Waals surface area contributed by atoms with E-state index < -0.39 is 9.28 Å². The number of hydrogen-bond donors (Lipinski definition) is 2. The van der Waals surface area contributed by atoms with Gasteiger partial charge in [0.1, 0.15) is 0 Å². The predicted molar refractivity (Wildman–Crippen MR) is 55.7 cm³/mol. The van der Waals surface area contributed by atoms with Crippen molar-refractivity contribution in [3.8, 4) is 0 Å². The van der Waals surface area contributed by atoms with Crippen molar-refractivity contribution < 1.29 is 9.59 Å². The van der Waals surface area contributed by atoms with Gasteiger partial charge < -0.3 is 9.59 Å². The van der Waals surface area contributed by atoms with Crippen molar-refractivity contribution in [2.24, 2.45) is 0 Å². The SMILES string of the molecule is CCCC(c1ccccc1)[SiH](O)O. The van der Waals surface area contributed by atoms with Crippen LogP contribution in [0.2, 0.25) is 0 Å². The van der Waals surface area contributed by atoms with Crippen LogP contribution in [0.5, 0.6) is 0 Å². The van der Waals surface area contributed by atoms with Crippen LogP contribution in [0.15, 0.2) is 30.3 Å². The van der Waals surface area contributed by atoms with Gasteiger partial charge in [0.2, 0.25) is 0 Å². The highest BCUT2D eigenvalue weighted by molar-refractivity contribution is 6.43. The third-order valence-electron chi connectivity index (χ3n) is 2.19. The summed E-state index contributed by atoms with van der Waals surface area (Å²) in [6.07, 6.45) is 1.86. The molecule has 0 aliphatic heterocycles. The van der Waals surface area contributed by atoms with Crippen LogP contribution in [0.3, 0.4) is 0 Å². The van der Waals surface area contributed by atoms with Crippen LogP contribution in [0.4, 0.5) is 0 Å². The summed E-state index contributed by atoms with van der Waals surface area (Å²) in [6, 6.07) is 9.75. The topological polar surface area (TPSA) is 40.5 Å². The molecule has 0 amide bonds. The molecule has 72 valence electrons. The van der Waals surface area contributed by atoms with Gasteiger partial charge >= 0.3 is 9.28 Å². The van der Waals surface area contributed by atoms with Crippen LogP contribution in [0, 0.1) is 0 Å². The fourth-order valence-electron chi connectivity index (χ4n) is 1.50. The van der Waals surface area contributed by atoms with Gasteiger partial charge in [-0.25, -0.2) is 0 Å². The molecule has 3 heteroatoms. The molecule has 1 unspecified atom stereocenters. The zero-order chi connectivity index (χ0) is 9.68. The first-order valence-electron chi connectivity index (χ1n) is 4.66. The van der Waals surface area contributed by atoms with E-state index in [9.17, 15) is 9.59 Å². The molecule has 0 saturated carbocycles. The van der Waals surface area contributed by atoms with Gasteiger partial charge in [0.25, 0.3) is 0 Å². The fraction of sp³-hybridized carbons (Fsp3) is 0.400. The van der Waals surface area contributed by atoms with Gasteiger partial charge in [-0.3, -0.25) is 0 Å². The van der Waals surface area contributed by atoms with Gasteiger partial charge in [-0.05, 0) is 12.0 Å². The van der Waals surface area contributed by atoms with Gasteiger partial charge in [-0.2, -0.15) is 0 Å². The molecular formula is C10H16O2Si. The summed E-state index contributed by atoms with van der Waals surface area (Å²) in [7, 11) is -2.53. The smallest absolute Gasteiger partial charge is 0.323 e. The number of rotatable bonds is 4. The van der Waals surface area contributed by atoms with Crippen molar-refractivity contribution in [3.05, 3.63) is 35.9 Å². The average Bonchev–Trinajstić information content (AvgIpc) is 2.15. The summed E-state index contributed by atoms with van der Waals surface area (Å²) in [5.41, 5.74) is 1.05. The minimum atomic E-state index is -2.53. The minimum Gasteiger partial charge on any atom is -0.413 e. The Balaban J connectivity index is 2.76. The molecule has 0 heterocycles. The summed E-state index contributed by atoms with van der Waals surface area (Å²) in [5, 5.41) is 0. The van der Waals surface area contributed by atoms with E-state index in [4.69, 9.17) is 0 Å². The summed E-state index contributed by atoms with van der Waals surface area (Å²) < 4.78 is 0. The lowest BCUT2D eigenvalue weighted by atomic mass is 10.1. The normalized spacial score (nSPS) is 13.2. The molecule has 0 saturated heterocycles. The maximum absolute atomic E-state index is 9.29. The average molecular weight is 196 g/mol. The van der Waals surface area contributed by atoms with E-state index in [-0.39, 0.29) is 5.54 Å². The van der Waals surface area contributed by atoms with Gasteiger partial charge in [0.15, 0.2) is 0 Å². The lowest BCUT2D eigenvalue weighted by Crippen LogP contribution is -2.23. The quantitative estimate of drug-likeness (QED) is 0.713. The summed E-state index contributed by atoms with van der Waals surface area (Å²) >= 11 is 0. The second kappa shape index (κ2) is 5.17. The Morgan fingerprint density at radius 3 is 2.31 bits per heavy atom. The monoisotopic (exact) mass is 196 g/mol. The van der Waals surface area contributed by atoms with Crippen LogP contribution >= 0.6 is 0 Å². The van der Waals surface area contributed by atoms with Crippen molar-refractivity contribution >= 4 is 9.28 Å². The molecule has 2 N–H and O–H groups in total. The Labute approximate surface area is 80.7 Å². The molecule has 0 aliphatic carbocycles. The predicted octanol–water partition coefficient (Wildman–Crippen LogP) is 1.31. The Kier molecular flexibility index (Phi) is 4.15. The molecule has 0 aromatic heterocycles. The molecule has 1 rings (SSSR count). The first kappa shape index (κ1) is 10.4. The molecule has 1 aromatic rings. The van der Waals surface area contributed by atoms with E-state index >= 15 is 0 Å². The standard InChI is InChI=1S/C10H16O2Si/c1-2-6-10(13(11)12)9-7-4-3-5-8-9/h3-5,7-8,10-13H,2,6H2,1H3. The molecule has 0 fully saturated rings. The maximum Gasteiger partial charge on any atom is 0.323 e. The summed E-state index contributed by atoms with van der Waals surface area (Å²) in [6.45, 7) is 2.06. The Hall–Kier alpha value is -0.643. The highest BCUT2D eigenvalue weighted by Gasteiger charge is 2.20. The van der Waals surface area contributed by atoms with Crippen LogP contribution in [-0.4, -0.2) is 18.9 Å². The van der Waals surface area contributed by atoms with Crippen molar-refractivity contribution in [2.45, 2.75) is 25.3 Å². The Bertz CT molecular complexity index is 236. The van der Waals surface area contributed by atoms with Gasteiger partial charge in [0.05, 0.1) is 0 Å². The van der Waals surface area contributed by atoms with Crippen molar-refractivity contribution in [1.82, 2.24) is 0 Å². The summed E-state index contributed by atoms with van der Waals surface area (Å²) in [5.74, 6) is 0. The molecule has 2 nitrogen and oxygen atoms in total. The zero-order valence-electron chi connectivity index (χ0n) is 7.85. The van der Waals surface area contributed by atoms with E-state index in [0.717, 1.165) is 18.4 Å². The van der Waals surface area contributed by atoms with Crippen molar-refractivity contribution in [2.75, 3.05) is 0 Å². The second-order valence-electron chi connectivity index (χ2n) is 3.22. The van der Waals surface area contributed by atoms with E-state index in [1.165, 1.54) is 0 Å².